The quantitative estimate of drug-likeness (QED) is 0.690. The van der Waals surface area contributed by atoms with E-state index >= 15 is 0 Å². The molecule has 2 aromatic rings. The van der Waals surface area contributed by atoms with Crippen LogP contribution in [0.15, 0.2) is 54.6 Å². The Hall–Kier alpha value is -3.41. The first-order chi connectivity index (χ1) is 11.6. The van der Waals surface area contributed by atoms with Gasteiger partial charge in [-0.15, -0.1) is 0 Å². The lowest BCUT2D eigenvalue weighted by atomic mass is 10.1. The van der Waals surface area contributed by atoms with Crippen molar-refractivity contribution in [1.29, 1.82) is 0 Å². The van der Waals surface area contributed by atoms with Gasteiger partial charge in [0.1, 0.15) is 5.75 Å². The second-order valence-electron chi connectivity index (χ2n) is 5.04. The Kier molecular flexibility index (Phi) is 4.11. The largest absolute Gasteiger partial charge is 0.496 e. The lowest BCUT2D eigenvalue weighted by molar-refractivity contribution is -0.119. The minimum atomic E-state index is -0.588. The fourth-order valence-electron chi connectivity index (χ4n) is 2.41. The van der Waals surface area contributed by atoms with Crippen LogP contribution in [-0.4, -0.2) is 29.8 Å². The van der Waals surface area contributed by atoms with Crippen LogP contribution in [0.2, 0.25) is 0 Å². The van der Waals surface area contributed by atoms with Gasteiger partial charge in [0.15, 0.2) is 0 Å². The maximum atomic E-state index is 12.2. The van der Waals surface area contributed by atoms with Crippen LogP contribution < -0.4 is 10.2 Å². The van der Waals surface area contributed by atoms with E-state index in [1.54, 1.807) is 42.5 Å². The van der Waals surface area contributed by atoms with E-state index in [2.05, 4.69) is 5.43 Å². The fourth-order valence-corrected chi connectivity index (χ4v) is 2.41. The summed E-state index contributed by atoms with van der Waals surface area (Å²) >= 11 is 0. The first-order valence-corrected chi connectivity index (χ1v) is 7.21. The number of carbonyl (C=O) groups excluding carboxylic acids is 3. The normalized spacial score (nSPS) is 13.3. The van der Waals surface area contributed by atoms with Crippen molar-refractivity contribution in [3.63, 3.8) is 0 Å². The van der Waals surface area contributed by atoms with E-state index in [1.165, 1.54) is 13.2 Å². The Morgan fingerprint density at radius 1 is 1.00 bits per heavy atom. The number of rotatable bonds is 4. The summed E-state index contributed by atoms with van der Waals surface area (Å²) in [4.78, 5) is 36.4. The summed E-state index contributed by atoms with van der Waals surface area (Å²) in [5.41, 5.74) is 3.56. The van der Waals surface area contributed by atoms with Crippen LogP contribution in [0.5, 0.6) is 5.75 Å². The molecule has 0 unspecified atom stereocenters. The average molecular weight is 322 g/mol. The Labute approximate surface area is 138 Å². The zero-order chi connectivity index (χ0) is 17.1. The fraction of sp³-hybridized carbons (Fsp3) is 0.0556. The van der Waals surface area contributed by atoms with Crippen molar-refractivity contribution in [3.05, 3.63) is 71.3 Å². The molecule has 0 atom stereocenters. The van der Waals surface area contributed by atoms with E-state index in [9.17, 15) is 14.4 Å². The summed E-state index contributed by atoms with van der Waals surface area (Å²) in [6, 6.07) is 13.6. The Bertz CT molecular complexity index is 823. The minimum absolute atomic E-state index is 0.275. The van der Waals surface area contributed by atoms with Crippen LogP contribution in [0.1, 0.15) is 26.3 Å². The zero-order valence-corrected chi connectivity index (χ0v) is 12.9. The van der Waals surface area contributed by atoms with Gasteiger partial charge in [-0.1, -0.05) is 30.3 Å². The van der Waals surface area contributed by atoms with Gasteiger partial charge in [0.25, 0.3) is 17.7 Å². The summed E-state index contributed by atoms with van der Waals surface area (Å²) < 4.78 is 5.19. The number of methoxy groups -OCH3 is 1. The third kappa shape index (κ3) is 2.77. The van der Waals surface area contributed by atoms with Crippen LogP contribution >= 0.6 is 0 Å². The molecule has 1 aliphatic rings. The van der Waals surface area contributed by atoms with Gasteiger partial charge < -0.3 is 4.74 Å². The van der Waals surface area contributed by atoms with Gasteiger partial charge in [-0.2, -0.15) is 5.01 Å². The average Bonchev–Trinajstić information content (AvgIpc) is 2.85. The van der Waals surface area contributed by atoms with Crippen molar-refractivity contribution in [3.8, 4) is 5.75 Å². The standard InChI is InChI=1S/C18H14N2O4/c1-24-15-9-5-2-6-12(15)10-11-16(21)19-20-17(22)13-7-3-4-8-14(13)18(20)23/h2-11H,1H3,(H,19,21)/b11-10+. The van der Waals surface area contributed by atoms with Crippen molar-refractivity contribution in [2.45, 2.75) is 0 Å². The molecule has 0 aromatic heterocycles. The van der Waals surface area contributed by atoms with Crippen molar-refractivity contribution in [2.24, 2.45) is 0 Å². The molecule has 3 rings (SSSR count). The van der Waals surface area contributed by atoms with Gasteiger partial charge in [0.2, 0.25) is 0 Å². The highest BCUT2D eigenvalue weighted by atomic mass is 16.5. The highest BCUT2D eigenvalue weighted by molar-refractivity contribution is 6.21. The molecule has 1 aliphatic heterocycles. The number of hydrogen-bond donors (Lipinski definition) is 1. The number of amides is 3. The van der Waals surface area contributed by atoms with Crippen LogP contribution in [-0.2, 0) is 4.79 Å². The van der Waals surface area contributed by atoms with Crippen LogP contribution in [0.4, 0.5) is 0 Å². The molecule has 0 fully saturated rings. The monoisotopic (exact) mass is 322 g/mol. The zero-order valence-electron chi connectivity index (χ0n) is 12.9. The number of ether oxygens (including phenoxy) is 1. The van der Waals surface area contributed by atoms with E-state index in [-0.39, 0.29) is 11.1 Å². The molecule has 0 aliphatic carbocycles. The van der Waals surface area contributed by atoms with E-state index in [0.29, 0.717) is 11.3 Å². The van der Waals surface area contributed by atoms with Crippen molar-refractivity contribution < 1.29 is 19.1 Å². The lowest BCUT2D eigenvalue weighted by Gasteiger charge is -2.13. The van der Waals surface area contributed by atoms with Gasteiger partial charge >= 0.3 is 0 Å². The molecule has 0 saturated heterocycles. The molecule has 0 radical (unpaired) electrons. The Morgan fingerprint density at radius 3 is 2.21 bits per heavy atom. The van der Waals surface area contributed by atoms with Crippen LogP contribution in [0.25, 0.3) is 6.08 Å². The second kappa shape index (κ2) is 6.37. The minimum Gasteiger partial charge on any atom is -0.496 e. The van der Waals surface area contributed by atoms with E-state index in [1.807, 2.05) is 12.1 Å². The smallest absolute Gasteiger partial charge is 0.280 e. The molecule has 1 heterocycles. The molecule has 24 heavy (non-hydrogen) atoms. The molecular formula is C18H14N2O4. The van der Waals surface area contributed by atoms with Gasteiger partial charge in [0, 0.05) is 11.6 Å². The molecule has 1 N–H and O–H groups in total. The van der Waals surface area contributed by atoms with Crippen LogP contribution in [0, 0.1) is 0 Å². The number of carbonyl (C=O) groups is 3. The molecule has 120 valence electrons. The number of hydrogen-bond acceptors (Lipinski definition) is 4. The highest BCUT2D eigenvalue weighted by Crippen LogP contribution is 2.21. The summed E-state index contributed by atoms with van der Waals surface area (Å²) in [6.45, 7) is 0. The second-order valence-corrected chi connectivity index (χ2v) is 5.04. The summed E-state index contributed by atoms with van der Waals surface area (Å²) in [6.07, 6.45) is 2.79. The maximum absolute atomic E-state index is 12.2. The Balaban J connectivity index is 1.73. The number of nitrogens with one attached hydrogen (secondary N) is 1. The molecule has 3 amide bonds. The third-order valence-electron chi connectivity index (χ3n) is 3.57. The molecule has 2 aromatic carbocycles. The van der Waals surface area contributed by atoms with E-state index < -0.39 is 17.7 Å². The number of nitrogens with zero attached hydrogens (tertiary/aromatic N) is 1. The number of benzene rings is 2. The number of imide groups is 1. The van der Waals surface area contributed by atoms with Crippen LogP contribution in [0.3, 0.4) is 0 Å². The number of fused-ring (bicyclic) bond motifs is 1. The van der Waals surface area contributed by atoms with E-state index in [0.717, 1.165) is 5.01 Å². The lowest BCUT2D eigenvalue weighted by Crippen LogP contribution is -2.45. The summed E-state index contributed by atoms with van der Waals surface area (Å²) in [5, 5.41) is 0.722. The van der Waals surface area contributed by atoms with Crippen molar-refractivity contribution >= 4 is 23.8 Å². The summed E-state index contributed by atoms with van der Waals surface area (Å²) in [5.74, 6) is -1.07. The number of hydrazine groups is 1. The maximum Gasteiger partial charge on any atom is 0.280 e. The number of para-hydroxylation sites is 1. The first kappa shape index (κ1) is 15.5. The molecule has 6 nitrogen and oxygen atoms in total. The predicted molar refractivity (Wildman–Crippen MR) is 87.1 cm³/mol. The predicted octanol–water partition coefficient (Wildman–Crippen LogP) is 2.04. The van der Waals surface area contributed by atoms with Crippen molar-refractivity contribution in [2.75, 3.05) is 7.11 Å². The van der Waals surface area contributed by atoms with E-state index in [4.69, 9.17) is 4.74 Å². The molecule has 0 bridgehead atoms. The summed E-state index contributed by atoms with van der Waals surface area (Å²) in [7, 11) is 1.53. The molecule has 0 saturated carbocycles. The molecule has 0 spiro atoms. The van der Waals surface area contributed by atoms with Gasteiger partial charge in [-0.05, 0) is 24.3 Å². The third-order valence-corrected chi connectivity index (χ3v) is 3.57. The van der Waals surface area contributed by atoms with Gasteiger partial charge in [-0.25, -0.2) is 0 Å². The van der Waals surface area contributed by atoms with Crippen molar-refractivity contribution in [1.82, 2.24) is 10.4 Å². The first-order valence-electron chi connectivity index (χ1n) is 7.21. The van der Waals surface area contributed by atoms with Gasteiger partial charge in [-0.3, -0.25) is 19.8 Å². The van der Waals surface area contributed by atoms with Gasteiger partial charge in [0.05, 0.1) is 18.2 Å². The molecule has 6 heteroatoms. The molecular weight excluding hydrogens is 308 g/mol. The highest BCUT2D eigenvalue weighted by Gasteiger charge is 2.36. The SMILES string of the molecule is COc1ccccc1/C=C/C(=O)NN1C(=O)c2ccccc2C1=O. The topological polar surface area (TPSA) is 75.7 Å². The Morgan fingerprint density at radius 2 is 1.58 bits per heavy atom.